The van der Waals surface area contributed by atoms with Crippen LogP contribution in [0.1, 0.15) is 36.8 Å². The van der Waals surface area contributed by atoms with E-state index in [0.717, 1.165) is 44.5 Å². The van der Waals surface area contributed by atoms with E-state index >= 15 is 0 Å². The summed E-state index contributed by atoms with van der Waals surface area (Å²) in [5, 5.41) is 9.59. The molecule has 4 heteroatoms. The van der Waals surface area contributed by atoms with E-state index in [4.69, 9.17) is 0 Å². The van der Waals surface area contributed by atoms with Crippen molar-refractivity contribution in [1.29, 1.82) is 0 Å². The summed E-state index contributed by atoms with van der Waals surface area (Å²) in [5.41, 5.74) is 2.34. The van der Waals surface area contributed by atoms with E-state index in [1.807, 2.05) is 15.9 Å². The van der Waals surface area contributed by atoms with E-state index in [9.17, 15) is 9.90 Å². The number of phenolic OH excluding ortho intramolecular Hbond substituents is 1. The molecular weight excluding hydrogens is 252 g/mol. The topological polar surface area (TPSA) is 43.8 Å². The van der Waals surface area contributed by atoms with Crippen LogP contribution in [0.5, 0.6) is 5.75 Å². The van der Waals surface area contributed by atoms with Gasteiger partial charge in [0.2, 0.25) is 0 Å². The quantitative estimate of drug-likeness (QED) is 0.790. The number of rotatable bonds is 0. The van der Waals surface area contributed by atoms with Gasteiger partial charge in [-0.3, -0.25) is 0 Å². The lowest BCUT2D eigenvalue weighted by Gasteiger charge is -2.33. The van der Waals surface area contributed by atoms with E-state index in [1.165, 1.54) is 18.4 Å². The highest BCUT2D eigenvalue weighted by molar-refractivity contribution is 5.75. The Bertz CT molecular complexity index is 493. The van der Waals surface area contributed by atoms with E-state index in [0.29, 0.717) is 6.54 Å². The van der Waals surface area contributed by atoms with E-state index in [1.54, 1.807) is 12.1 Å². The number of amides is 2. The minimum atomic E-state index is 0.167. The fourth-order valence-corrected chi connectivity index (χ4v) is 3.17. The second-order valence-electron chi connectivity index (χ2n) is 5.81. The highest BCUT2D eigenvalue weighted by atomic mass is 16.3. The molecule has 0 unspecified atom stereocenters. The Labute approximate surface area is 120 Å². The normalized spacial score (nSPS) is 19.4. The van der Waals surface area contributed by atoms with Crippen molar-refractivity contribution in [3.8, 4) is 5.75 Å². The second kappa shape index (κ2) is 5.73. The van der Waals surface area contributed by atoms with E-state index < -0.39 is 0 Å². The summed E-state index contributed by atoms with van der Waals surface area (Å²) in [7, 11) is 0. The van der Waals surface area contributed by atoms with Crippen LogP contribution in [0.4, 0.5) is 4.79 Å². The molecule has 0 bridgehead atoms. The highest BCUT2D eigenvalue weighted by Crippen LogP contribution is 2.24. The van der Waals surface area contributed by atoms with Crippen LogP contribution in [0.3, 0.4) is 0 Å². The molecule has 0 spiro atoms. The van der Waals surface area contributed by atoms with E-state index in [2.05, 4.69) is 0 Å². The van der Waals surface area contributed by atoms with Crippen LogP contribution >= 0.6 is 0 Å². The molecule has 0 saturated carbocycles. The van der Waals surface area contributed by atoms with Gasteiger partial charge in [0, 0.05) is 26.2 Å². The second-order valence-corrected chi connectivity index (χ2v) is 5.81. The Morgan fingerprint density at radius 2 is 1.70 bits per heavy atom. The summed E-state index contributed by atoms with van der Waals surface area (Å²) >= 11 is 0. The molecule has 0 aromatic heterocycles. The molecule has 0 atom stereocenters. The van der Waals surface area contributed by atoms with Crippen molar-refractivity contribution in [2.24, 2.45) is 0 Å². The van der Waals surface area contributed by atoms with Crippen molar-refractivity contribution in [2.75, 3.05) is 19.6 Å². The molecule has 0 radical (unpaired) electrons. The van der Waals surface area contributed by atoms with Crippen LogP contribution in [-0.2, 0) is 13.0 Å². The maximum Gasteiger partial charge on any atom is 0.320 e. The number of benzene rings is 1. The predicted molar refractivity (Wildman–Crippen MR) is 77.7 cm³/mol. The third kappa shape index (κ3) is 2.74. The molecule has 108 valence electrons. The molecule has 20 heavy (non-hydrogen) atoms. The fraction of sp³-hybridized carbons (Fsp3) is 0.562. The van der Waals surface area contributed by atoms with Gasteiger partial charge in [0.1, 0.15) is 5.75 Å². The summed E-state index contributed by atoms with van der Waals surface area (Å²) in [6.45, 7) is 3.19. The Balaban J connectivity index is 1.70. The van der Waals surface area contributed by atoms with Gasteiger partial charge in [-0.2, -0.15) is 0 Å². The van der Waals surface area contributed by atoms with Crippen LogP contribution in [0.2, 0.25) is 0 Å². The minimum absolute atomic E-state index is 0.167. The van der Waals surface area contributed by atoms with Crippen molar-refractivity contribution in [2.45, 2.75) is 38.6 Å². The number of nitrogens with zero attached hydrogens (tertiary/aromatic N) is 2. The van der Waals surface area contributed by atoms with E-state index in [-0.39, 0.29) is 11.8 Å². The molecule has 0 aliphatic carbocycles. The first kappa shape index (κ1) is 13.3. The fourth-order valence-electron chi connectivity index (χ4n) is 3.17. The van der Waals surface area contributed by atoms with Gasteiger partial charge in [-0.15, -0.1) is 0 Å². The highest BCUT2D eigenvalue weighted by Gasteiger charge is 2.25. The average Bonchev–Trinajstić information content (AvgIpc) is 2.74. The van der Waals surface area contributed by atoms with Gasteiger partial charge in [0.25, 0.3) is 0 Å². The number of aromatic hydroxyl groups is 1. The van der Waals surface area contributed by atoms with Gasteiger partial charge in [-0.05, 0) is 42.5 Å². The van der Waals surface area contributed by atoms with Gasteiger partial charge < -0.3 is 14.9 Å². The number of hydrogen-bond acceptors (Lipinski definition) is 2. The van der Waals surface area contributed by atoms with Crippen molar-refractivity contribution in [3.05, 3.63) is 29.3 Å². The van der Waals surface area contributed by atoms with Gasteiger partial charge in [-0.25, -0.2) is 4.79 Å². The maximum atomic E-state index is 12.6. The Morgan fingerprint density at radius 1 is 0.950 bits per heavy atom. The van der Waals surface area contributed by atoms with Crippen molar-refractivity contribution >= 4 is 6.03 Å². The van der Waals surface area contributed by atoms with Crippen LogP contribution in [0, 0.1) is 0 Å². The smallest absolute Gasteiger partial charge is 0.320 e. The number of carbonyl (C=O) groups excluding carboxylic acids is 1. The van der Waals surface area contributed by atoms with Crippen LogP contribution < -0.4 is 0 Å². The van der Waals surface area contributed by atoms with Gasteiger partial charge >= 0.3 is 6.03 Å². The third-order valence-electron chi connectivity index (χ3n) is 4.35. The third-order valence-corrected chi connectivity index (χ3v) is 4.35. The van der Waals surface area contributed by atoms with Crippen molar-refractivity contribution in [3.63, 3.8) is 0 Å². The predicted octanol–water partition coefficient (Wildman–Crippen LogP) is 2.75. The van der Waals surface area contributed by atoms with Crippen molar-refractivity contribution < 1.29 is 9.90 Å². The molecule has 1 aromatic rings. The summed E-state index contributed by atoms with van der Waals surface area (Å²) in [6, 6.07) is 5.65. The first-order valence-electron chi connectivity index (χ1n) is 7.58. The lowest BCUT2D eigenvalue weighted by molar-refractivity contribution is 0.149. The molecule has 2 amide bonds. The lowest BCUT2D eigenvalue weighted by atomic mass is 10.00. The lowest BCUT2D eigenvalue weighted by Crippen LogP contribution is -2.45. The molecule has 3 rings (SSSR count). The summed E-state index contributed by atoms with van der Waals surface area (Å²) < 4.78 is 0. The molecule has 2 aliphatic rings. The largest absolute Gasteiger partial charge is 0.508 e. The Kier molecular flexibility index (Phi) is 3.81. The first-order chi connectivity index (χ1) is 9.74. The number of carbonyl (C=O) groups is 1. The zero-order valence-electron chi connectivity index (χ0n) is 11.8. The zero-order chi connectivity index (χ0) is 13.9. The van der Waals surface area contributed by atoms with Crippen LogP contribution in [0.15, 0.2) is 18.2 Å². The molecule has 4 nitrogen and oxygen atoms in total. The summed E-state index contributed by atoms with van der Waals surface area (Å²) in [4.78, 5) is 16.5. The SMILES string of the molecule is O=C(N1CCCCCC1)N1CCc2ccc(O)cc2C1. The Morgan fingerprint density at radius 3 is 2.45 bits per heavy atom. The van der Waals surface area contributed by atoms with Crippen LogP contribution in [-0.4, -0.2) is 40.6 Å². The summed E-state index contributed by atoms with van der Waals surface area (Å²) in [6.07, 6.45) is 5.60. The van der Waals surface area contributed by atoms with Gasteiger partial charge in [-0.1, -0.05) is 18.9 Å². The monoisotopic (exact) mass is 274 g/mol. The van der Waals surface area contributed by atoms with Crippen molar-refractivity contribution in [1.82, 2.24) is 9.80 Å². The van der Waals surface area contributed by atoms with Gasteiger partial charge in [0.15, 0.2) is 0 Å². The molecule has 1 aromatic carbocycles. The summed E-state index contributed by atoms with van der Waals surface area (Å²) in [5.74, 6) is 0.285. The van der Waals surface area contributed by atoms with Crippen LogP contribution in [0.25, 0.3) is 0 Å². The maximum absolute atomic E-state index is 12.6. The number of likely N-dealkylation sites (tertiary alicyclic amines) is 1. The molecular formula is C16H22N2O2. The first-order valence-corrected chi connectivity index (χ1v) is 7.58. The zero-order valence-corrected chi connectivity index (χ0v) is 11.8. The number of hydrogen-bond donors (Lipinski definition) is 1. The number of phenols is 1. The standard InChI is InChI=1S/C16H22N2O2/c19-15-6-5-13-7-10-18(12-14(13)11-15)16(20)17-8-3-1-2-4-9-17/h5-6,11,19H,1-4,7-10,12H2. The molecule has 1 N–H and O–H groups in total. The molecule has 2 heterocycles. The number of urea groups is 1. The molecule has 1 fully saturated rings. The van der Waals surface area contributed by atoms with Gasteiger partial charge in [0.05, 0.1) is 0 Å². The number of fused-ring (bicyclic) bond motifs is 1. The average molecular weight is 274 g/mol. The molecule has 1 saturated heterocycles. The minimum Gasteiger partial charge on any atom is -0.508 e. The Hall–Kier alpha value is -1.71. The molecule has 2 aliphatic heterocycles.